The van der Waals surface area contributed by atoms with Gasteiger partial charge in [-0.15, -0.1) is 11.3 Å². The van der Waals surface area contributed by atoms with Crippen LogP contribution in [0.25, 0.3) is 0 Å². The second kappa shape index (κ2) is 9.98. The van der Waals surface area contributed by atoms with Crippen LogP contribution in [0.3, 0.4) is 0 Å². The van der Waals surface area contributed by atoms with Gasteiger partial charge in [0.25, 0.3) is 0 Å². The molecule has 1 saturated carbocycles. The molecule has 1 aromatic rings. The van der Waals surface area contributed by atoms with E-state index in [1.54, 1.807) is 6.92 Å². The number of carbonyl (C=O) groups excluding carboxylic acids is 5. The van der Waals surface area contributed by atoms with Gasteiger partial charge in [0.05, 0.1) is 29.4 Å². The lowest BCUT2D eigenvalue weighted by atomic mass is 9.90. The van der Waals surface area contributed by atoms with E-state index in [1.807, 2.05) is 0 Å². The van der Waals surface area contributed by atoms with E-state index in [0.29, 0.717) is 5.01 Å². The smallest absolute Gasteiger partial charge is 0.378 e. The van der Waals surface area contributed by atoms with Crippen molar-refractivity contribution in [1.82, 2.24) is 19.8 Å². The van der Waals surface area contributed by atoms with Crippen LogP contribution in [0.15, 0.2) is 5.16 Å². The van der Waals surface area contributed by atoms with Crippen LogP contribution in [-0.2, 0) is 33.3 Å². The highest BCUT2D eigenvalue weighted by molar-refractivity contribution is 8.02. The number of aryl methyl sites for hydroxylation is 1. The Balaban J connectivity index is 1.38. The lowest BCUT2D eigenvalue weighted by Crippen LogP contribution is -2.60. The predicted octanol–water partition coefficient (Wildman–Crippen LogP) is -0.590. The van der Waals surface area contributed by atoms with Crippen LogP contribution in [0, 0.1) is 12.8 Å². The van der Waals surface area contributed by atoms with Crippen LogP contribution >= 0.6 is 34.7 Å². The number of Topliss-reactive ketones (excluding diaryl/α,β-unsaturated/α-hetero) is 1. The predicted molar refractivity (Wildman–Crippen MR) is 137 cm³/mol. The second-order valence-corrected chi connectivity index (χ2v) is 12.5. The zero-order chi connectivity index (χ0) is 28.3. The standard InChI is InChI=1S/C20H19B2ClN6O8S2/c1-8-25-12(13(23)38-8)11(26-37-19(2-3-19)16(32)35-21)10(30)6-9-14(31)27-7-20(17(33)36-22,39-15(9)27)28-4-5-29(24)18(28)34/h9,15H,2-7,24H2,1H3/b26-11+/t9?,15-,20-/m1/s1. The van der Waals surface area contributed by atoms with E-state index in [2.05, 4.69) is 19.4 Å². The molecule has 14 nitrogen and oxygen atoms in total. The van der Waals surface area contributed by atoms with Crippen molar-refractivity contribution in [2.24, 2.45) is 16.9 Å². The number of carbonyl (C=O) groups is 5. The molecule has 4 radical (unpaired) electrons. The van der Waals surface area contributed by atoms with Crippen LogP contribution in [0.5, 0.6) is 0 Å². The molecule has 3 saturated heterocycles. The SMILES string of the molecule is [B]OC(=O)C1(O/N=C(\C(=O)CC2C(=O)N3C[C@@](C(=O)O[B])(N4CCN(N)C4=O)S[C@H]23)c2nc(C)sc2Cl)CC1. The van der Waals surface area contributed by atoms with Gasteiger partial charge in [0.1, 0.15) is 10.0 Å². The Morgan fingerprint density at radius 1 is 1.21 bits per heavy atom. The summed E-state index contributed by atoms with van der Waals surface area (Å²) in [5.41, 5.74) is -1.66. The largest absolute Gasteiger partial charge is 0.541 e. The van der Waals surface area contributed by atoms with Gasteiger partial charge in [0.2, 0.25) is 16.4 Å². The number of hydrogen-bond acceptors (Lipinski definition) is 13. The van der Waals surface area contributed by atoms with Crippen LogP contribution in [0.2, 0.25) is 4.34 Å². The maximum atomic E-state index is 13.5. The molecule has 4 heterocycles. The fourth-order valence-corrected chi connectivity index (χ4v) is 7.51. The minimum Gasteiger partial charge on any atom is -0.541 e. The fraction of sp³-hybridized carbons (Fsp3) is 0.550. The average molecular weight is 593 g/mol. The third-order valence-corrected chi connectivity index (χ3v) is 9.84. The first-order valence-electron chi connectivity index (χ1n) is 11.5. The van der Waals surface area contributed by atoms with Crippen molar-refractivity contribution in [2.45, 2.75) is 42.0 Å². The summed E-state index contributed by atoms with van der Waals surface area (Å²) >= 11 is 8.38. The molecule has 2 N–H and O–H groups in total. The van der Waals surface area contributed by atoms with E-state index in [-0.39, 0.29) is 54.6 Å². The molecule has 0 aromatic carbocycles. The Morgan fingerprint density at radius 3 is 2.44 bits per heavy atom. The highest BCUT2D eigenvalue weighted by Crippen LogP contribution is 2.53. The molecule has 39 heavy (non-hydrogen) atoms. The molecular weight excluding hydrogens is 573 g/mol. The monoisotopic (exact) mass is 592 g/mol. The van der Waals surface area contributed by atoms with Crippen LogP contribution in [0.4, 0.5) is 4.79 Å². The zero-order valence-electron chi connectivity index (χ0n) is 20.3. The first-order valence-corrected chi connectivity index (χ1v) is 13.6. The number of nitrogens with zero attached hydrogens (tertiary/aromatic N) is 5. The Labute approximate surface area is 237 Å². The molecule has 19 heteroatoms. The summed E-state index contributed by atoms with van der Waals surface area (Å²) in [6.07, 6.45) is 0.212. The fourth-order valence-electron chi connectivity index (χ4n) is 4.68. The van der Waals surface area contributed by atoms with E-state index in [4.69, 9.17) is 38.4 Å². The summed E-state index contributed by atoms with van der Waals surface area (Å²) in [6.45, 7) is 1.76. The van der Waals surface area contributed by atoms with Crippen LogP contribution in [0.1, 0.15) is 30.0 Å². The van der Waals surface area contributed by atoms with Gasteiger partial charge in [-0.3, -0.25) is 24.3 Å². The molecule has 5 rings (SSSR count). The van der Waals surface area contributed by atoms with E-state index < -0.39 is 51.4 Å². The molecule has 4 fully saturated rings. The number of fused-ring (bicyclic) bond motifs is 1. The molecule has 3 aliphatic heterocycles. The third kappa shape index (κ3) is 4.46. The maximum Gasteiger partial charge on any atom is 0.378 e. The number of hydrogen-bond donors (Lipinski definition) is 1. The van der Waals surface area contributed by atoms with Crippen molar-refractivity contribution in [2.75, 3.05) is 19.6 Å². The minimum absolute atomic E-state index is 0.0375. The molecular formula is C20H19B2ClN6O8S2. The quantitative estimate of drug-likeness (QED) is 0.0969. The number of ketones is 1. The van der Waals surface area contributed by atoms with E-state index >= 15 is 0 Å². The van der Waals surface area contributed by atoms with Crippen molar-refractivity contribution in [3.05, 3.63) is 15.0 Å². The molecule has 1 unspecified atom stereocenters. The number of hydrazine groups is 1. The number of halogens is 1. The van der Waals surface area contributed by atoms with Gasteiger partial charge in [-0.2, -0.15) is 0 Å². The molecule has 3 amide bonds. The van der Waals surface area contributed by atoms with Crippen molar-refractivity contribution >= 4 is 86.2 Å². The maximum absolute atomic E-state index is 13.5. The lowest BCUT2D eigenvalue weighted by Gasteiger charge is -2.40. The number of thioether (sulfide) groups is 1. The van der Waals surface area contributed by atoms with Gasteiger partial charge in [0.15, 0.2) is 11.5 Å². The van der Waals surface area contributed by atoms with Gasteiger partial charge < -0.3 is 19.0 Å². The first kappa shape index (κ1) is 27.7. The van der Waals surface area contributed by atoms with E-state index in [0.717, 1.165) is 28.1 Å². The number of rotatable bonds is 9. The normalized spacial score (nSPS) is 27.3. The number of β-lactam (4-membered cyclic amide) rings is 1. The van der Waals surface area contributed by atoms with Gasteiger partial charge >= 0.3 is 34.1 Å². The average Bonchev–Trinajstić information content (AvgIpc) is 3.37. The highest BCUT2D eigenvalue weighted by atomic mass is 35.5. The lowest BCUT2D eigenvalue weighted by molar-refractivity contribution is -0.153. The third-order valence-electron chi connectivity index (χ3n) is 6.94. The van der Waals surface area contributed by atoms with Crippen LogP contribution in [-0.4, -0.2) is 107 Å². The molecule has 202 valence electrons. The zero-order valence-corrected chi connectivity index (χ0v) is 22.7. The highest BCUT2D eigenvalue weighted by Gasteiger charge is 2.66. The van der Waals surface area contributed by atoms with Crippen molar-refractivity contribution in [3.8, 4) is 0 Å². The Morgan fingerprint density at radius 2 is 1.90 bits per heavy atom. The number of nitrogens with two attached hydrogens (primary N) is 1. The Hall–Kier alpha value is -2.82. The van der Waals surface area contributed by atoms with E-state index in [1.165, 1.54) is 9.80 Å². The van der Waals surface area contributed by atoms with Gasteiger partial charge in [-0.05, 0) is 6.92 Å². The molecule has 4 aliphatic rings. The number of urea groups is 1. The summed E-state index contributed by atoms with van der Waals surface area (Å²) in [4.78, 5) is 74.6. The molecule has 1 aromatic heterocycles. The Kier molecular flexibility index (Phi) is 7.10. The van der Waals surface area contributed by atoms with Gasteiger partial charge in [-0.1, -0.05) is 28.5 Å². The number of oxime groups is 1. The molecule has 0 bridgehead atoms. The molecule has 0 spiro atoms. The summed E-state index contributed by atoms with van der Waals surface area (Å²) in [5, 5.41) is 4.76. The second-order valence-electron chi connectivity index (χ2n) is 9.31. The summed E-state index contributed by atoms with van der Waals surface area (Å²) in [6, 6.07) is -0.624. The summed E-state index contributed by atoms with van der Waals surface area (Å²) < 4.78 is 8.92. The summed E-state index contributed by atoms with van der Waals surface area (Å²) in [5.74, 6) is 1.97. The topological polar surface area (TPSA) is 174 Å². The van der Waals surface area contributed by atoms with Crippen LogP contribution < -0.4 is 5.84 Å². The molecule has 1 aliphatic carbocycles. The Bertz CT molecular complexity index is 1310. The van der Waals surface area contributed by atoms with Gasteiger partial charge in [-0.25, -0.2) is 20.4 Å². The van der Waals surface area contributed by atoms with E-state index in [9.17, 15) is 24.0 Å². The van der Waals surface area contributed by atoms with Crippen molar-refractivity contribution in [3.63, 3.8) is 0 Å². The van der Waals surface area contributed by atoms with Gasteiger partial charge in [0, 0.05) is 25.8 Å². The number of amides is 3. The minimum atomic E-state index is -1.63. The number of thiazole rings is 1. The number of aromatic nitrogens is 1. The first-order chi connectivity index (χ1) is 18.5. The molecule has 3 atom stereocenters. The van der Waals surface area contributed by atoms with Crippen molar-refractivity contribution in [1.29, 1.82) is 0 Å². The summed E-state index contributed by atoms with van der Waals surface area (Å²) in [7, 11) is 10.2. The van der Waals surface area contributed by atoms with Crippen molar-refractivity contribution < 1.29 is 38.1 Å².